The molecule has 2 saturated carbocycles. The Labute approximate surface area is 117 Å². The van der Waals surface area contributed by atoms with Crippen LogP contribution in [0.1, 0.15) is 70.6 Å². The van der Waals surface area contributed by atoms with Crippen molar-refractivity contribution in [2.75, 3.05) is 5.75 Å². The van der Waals surface area contributed by atoms with E-state index < -0.39 is 0 Å². The highest BCUT2D eigenvalue weighted by Crippen LogP contribution is 2.31. The van der Waals surface area contributed by atoms with Gasteiger partial charge in [0, 0.05) is 17.0 Å². The van der Waals surface area contributed by atoms with Crippen molar-refractivity contribution in [1.29, 1.82) is 0 Å². The van der Waals surface area contributed by atoms with E-state index >= 15 is 0 Å². The van der Waals surface area contributed by atoms with Gasteiger partial charge in [0.2, 0.25) is 0 Å². The second-order valence-electron chi connectivity index (χ2n) is 6.12. The third-order valence-corrected chi connectivity index (χ3v) is 6.24. The molecule has 0 aliphatic heterocycles. The first-order chi connectivity index (χ1) is 8.90. The molecule has 2 rings (SSSR count). The van der Waals surface area contributed by atoms with E-state index in [1.165, 1.54) is 76.4 Å². The fraction of sp³-hybridized carbons (Fsp3) is 1.00. The minimum absolute atomic E-state index is 0.551. The van der Waals surface area contributed by atoms with Crippen LogP contribution in [-0.2, 0) is 0 Å². The molecule has 0 bridgehead atoms. The van der Waals surface area contributed by atoms with Crippen LogP contribution >= 0.6 is 11.8 Å². The van der Waals surface area contributed by atoms with Gasteiger partial charge in [-0.05, 0) is 31.6 Å². The molecular weight excluding hydrogens is 240 g/mol. The fourth-order valence-electron chi connectivity index (χ4n) is 3.51. The summed E-state index contributed by atoms with van der Waals surface area (Å²) >= 11 is 2.19. The maximum atomic E-state index is 5.81. The van der Waals surface area contributed by atoms with Gasteiger partial charge in [-0.2, -0.15) is 11.8 Å². The van der Waals surface area contributed by atoms with Gasteiger partial charge in [-0.3, -0.25) is 11.3 Å². The topological polar surface area (TPSA) is 38.0 Å². The lowest BCUT2D eigenvalue weighted by Crippen LogP contribution is -2.43. The number of hydrogen-bond acceptors (Lipinski definition) is 3. The van der Waals surface area contributed by atoms with E-state index in [-0.39, 0.29) is 0 Å². The minimum atomic E-state index is 0.551. The Bertz CT molecular complexity index is 209. The molecule has 0 heterocycles. The van der Waals surface area contributed by atoms with E-state index in [1.807, 2.05) is 0 Å². The van der Waals surface area contributed by atoms with Crippen molar-refractivity contribution in [3.05, 3.63) is 0 Å². The first-order valence-corrected chi connectivity index (χ1v) is 9.03. The van der Waals surface area contributed by atoms with Crippen LogP contribution in [-0.4, -0.2) is 17.0 Å². The smallest absolute Gasteiger partial charge is 0.0329 e. The Morgan fingerprint density at radius 3 is 2.06 bits per heavy atom. The van der Waals surface area contributed by atoms with Crippen molar-refractivity contribution in [2.45, 2.75) is 81.9 Å². The van der Waals surface area contributed by atoms with Crippen molar-refractivity contribution < 1.29 is 0 Å². The molecule has 18 heavy (non-hydrogen) atoms. The molecule has 0 saturated heterocycles. The fourth-order valence-corrected chi connectivity index (χ4v) is 5.02. The van der Waals surface area contributed by atoms with Gasteiger partial charge in [0.25, 0.3) is 0 Å². The molecule has 0 aromatic heterocycles. The molecule has 0 aromatic rings. The van der Waals surface area contributed by atoms with Crippen molar-refractivity contribution in [3.63, 3.8) is 0 Å². The van der Waals surface area contributed by atoms with Crippen LogP contribution in [0, 0.1) is 5.92 Å². The van der Waals surface area contributed by atoms with Gasteiger partial charge < -0.3 is 0 Å². The molecule has 2 fully saturated rings. The van der Waals surface area contributed by atoms with Crippen LogP contribution in [0.3, 0.4) is 0 Å². The van der Waals surface area contributed by atoms with Crippen LogP contribution in [0.4, 0.5) is 0 Å². The van der Waals surface area contributed by atoms with E-state index in [0.717, 1.165) is 11.2 Å². The molecule has 0 aromatic carbocycles. The SMILES string of the molecule is NNC(CSC1CCCCC1)C1CCCCCC1. The highest BCUT2D eigenvalue weighted by atomic mass is 32.2. The van der Waals surface area contributed by atoms with Crippen molar-refractivity contribution >= 4 is 11.8 Å². The normalized spacial score (nSPS) is 25.8. The Hall–Kier alpha value is 0.270. The third-order valence-electron chi connectivity index (χ3n) is 4.75. The highest BCUT2D eigenvalue weighted by Gasteiger charge is 2.23. The van der Waals surface area contributed by atoms with Crippen molar-refractivity contribution in [2.24, 2.45) is 11.8 Å². The van der Waals surface area contributed by atoms with Gasteiger partial charge in [-0.15, -0.1) is 0 Å². The summed E-state index contributed by atoms with van der Waals surface area (Å²) < 4.78 is 0. The van der Waals surface area contributed by atoms with Crippen LogP contribution in [0.25, 0.3) is 0 Å². The van der Waals surface area contributed by atoms with Crippen molar-refractivity contribution in [1.82, 2.24) is 5.43 Å². The lowest BCUT2D eigenvalue weighted by Gasteiger charge is -2.28. The first-order valence-electron chi connectivity index (χ1n) is 7.98. The van der Waals surface area contributed by atoms with E-state index in [9.17, 15) is 0 Å². The molecule has 1 unspecified atom stereocenters. The Morgan fingerprint density at radius 1 is 0.889 bits per heavy atom. The van der Waals surface area contributed by atoms with Crippen LogP contribution in [0.2, 0.25) is 0 Å². The predicted octanol–water partition coefficient (Wildman–Crippen LogP) is 3.85. The van der Waals surface area contributed by atoms with E-state index in [1.54, 1.807) is 0 Å². The number of thioether (sulfide) groups is 1. The van der Waals surface area contributed by atoms with Gasteiger partial charge >= 0.3 is 0 Å². The molecule has 106 valence electrons. The molecule has 1 atom stereocenters. The monoisotopic (exact) mass is 270 g/mol. The summed E-state index contributed by atoms with van der Waals surface area (Å²) in [6.07, 6.45) is 15.7. The third kappa shape index (κ3) is 4.75. The lowest BCUT2D eigenvalue weighted by molar-refractivity contribution is 0.346. The van der Waals surface area contributed by atoms with Gasteiger partial charge in [0.15, 0.2) is 0 Å². The number of hydrogen-bond donors (Lipinski definition) is 2. The van der Waals surface area contributed by atoms with E-state index in [0.29, 0.717) is 6.04 Å². The van der Waals surface area contributed by atoms with Crippen LogP contribution in [0.15, 0.2) is 0 Å². The summed E-state index contributed by atoms with van der Waals surface area (Å²) in [5, 5.41) is 0.917. The second kappa shape index (κ2) is 8.44. The zero-order valence-electron chi connectivity index (χ0n) is 11.7. The van der Waals surface area contributed by atoms with Gasteiger partial charge in [-0.25, -0.2) is 0 Å². The molecule has 2 aliphatic carbocycles. The second-order valence-corrected chi connectivity index (χ2v) is 7.45. The minimum Gasteiger partial charge on any atom is -0.271 e. The Balaban J connectivity index is 1.72. The quantitative estimate of drug-likeness (QED) is 0.453. The van der Waals surface area contributed by atoms with Crippen LogP contribution < -0.4 is 11.3 Å². The largest absolute Gasteiger partial charge is 0.271 e. The summed E-state index contributed by atoms with van der Waals surface area (Å²) in [4.78, 5) is 0. The molecule has 3 N–H and O–H groups in total. The lowest BCUT2D eigenvalue weighted by atomic mass is 9.93. The molecule has 2 nitrogen and oxygen atoms in total. The zero-order chi connectivity index (χ0) is 12.6. The predicted molar refractivity (Wildman–Crippen MR) is 81.6 cm³/mol. The van der Waals surface area contributed by atoms with E-state index in [2.05, 4.69) is 17.2 Å². The maximum absolute atomic E-state index is 5.81. The van der Waals surface area contributed by atoms with Gasteiger partial charge in [0.05, 0.1) is 0 Å². The number of hydrazine groups is 1. The van der Waals surface area contributed by atoms with E-state index in [4.69, 9.17) is 5.84 Å². The summed E-state index contributed by atoms with van der Waals surface area (Å²) in [5.41, 5.74) is 3.12. The number of nitrogens with two attached hydrogens (primary N) is 1. The van der Waals surface area contributed by atoms with Crippen molar-refractivity contribution in [3.8, 4) is 0 Å². The summed E-state index contributed by atoms with van der Waals surface area (Å²) in [6, 6.07) is 0.551. The summed E-state index contributed by atoms with van der Waals surface area (Å²) in [5.74, 6) is 7.86. The summed E-state index contributed by atoms with van der Waals surface area (Å²) in [7, 11) is 0. The highest BCUT2D eigenvalue weighted by molar-refractivity contribution is 7.99. The Kier molecular flexibility index (Phi) is 6.88. The summed E-state index contributed by atoms with van der Waals surface area (Å²) in [6.45, 7) is 0. The molecule has 0 spiro atoms. The Morgan fingerprint density at radius 2 is 1.44 bits per heavy atom. The average Bonchev–Trinajstić information content (AvgIpc) is 2.70. The van der Waals surface area contributed by atoms with Gasteiger partial charge in [-0.1, -0.05) is 44.9 Å². The molecule has 3 heteroatoms. The molecule has 2 aliphatic rings. The number of rotatable bonds is 5. The van der Waals surface area contributed by atoms with Gasteiger partial charge in [0.1, 0.15) is 0 Å². The average molecular weight is 270 g/mol. The number of nitrogens with one attached hydrogen (secondary N) is 1. The zero-order valence-corrected chi connectivity index (χ0v) is 12.5. The maximum Gasteiger partial charge on any atom is 0.0329 e. The standard InChI is InChI=1S/C15H30N2S/c16-17-15(13-8-4-1-2-5-9-13)12-18-14-10-6-3-7-11-14/h13-15,17H,1-12,16H2. The molecule has 0 amide bonds. The molecule has 0 radical (unpaired) electrons. The molecular formula is C15H30N2S. The first kappa shape index (κ1) is 14.7. The van der Waals surface area contributed by atoms with Crippen LogP contribution in [0.5, 0.6) is 0 Å².